The average Bonchev–Trinajstić information content (AvgIpc) is 2.52. The number of nitrogens with zero attached hydrogens (tertiary/aromatic N) is 1. The first-order valence-corrected chi connectivity index (χ1v) is 5.42. The Balaban J connectivity index is 2.44. The van der Waals surface area contributed by atoms with Crippen LogP contribution in [0.3, 0.4) is 0 Å². The van der Waals surface area contributed by atoms with E-state index >= 15 is 0 Å². The van der Waals surface area contributed by atoms with Crippen LogP contribution in [-0.2, 0) is 11.3 Å². The van der Waals surface area contributed by atoms with E-state index in [2.05, 4.69) is 0 Å². The van der Waals surface area contributed by atoms with Gasteiger partial charge >= 0.3 is 5.97 Å². The molecule has 4 heteroatoms. The standard InChI is InChI=1S/C12H12ClNO2/c1-8-2-3-9-10(13)7-14(11(9)6-8)5-4-12(15)16/h2-3,6-7H,4-5H2,1H3,(H,15,16). The molecule has 0 radical (unpaired) electrons. The van der Waals surface area contributed by atoms with Crippen molar-refractivity contribution in [3.63, 3.8) is 0 Å². The van der Waals surface area contributed by atoms with Crippen LogP contribution in [-0.4, -0.2) is 15.6 Å². The third kappa shape index (κ3) is 2.04. The molecule has 0 bridgehead atoms. The minimum absolute atomic E-state index is 0.105. The second kappa shape index (κ2) is 4.18. The van der Waals surface area contributed by atoms with Gasteiger partial charge < -0.3 is 9.67 Å². The first kappa shape index (κ1) is 11.0. The summed E-state index contributed by atoms with van der Waals surface area (Å²) < 4.78 is 1.89. The molecule has 1 aromatic heterocycles. The van der Waals surface area contributed by atoms with Crippen molar-refractivity contribution < 1.29 is 9.90 Å². The highest BCUT2D eigenvalue weighted by molar-refractivity contribution is 6.35. The Labute approximate surface area is 98.3 Å². The van der Waals surface area contributed by atoms with E-state index in [0.717, 1.165) is 16.5 Å². The molecule has 2 rings (SSSR count). The molecular formula is C12H12ClNO2. The van der Waals surface area contributed by atoms with Gasteiger partial charge in [0.2, 0.25) is 0 Å². The topological polar surface area (TPSA) is 42.2 Å². The van der Waals surface area contributed by atoms with Gasteiger partial charge in [0.15, 0.2) is 0 Å². The largest absolute Gasteiger partial charge is 0.481 e. The number of hydrogen-bond acceptors (Lipinski definition) is 1. The minimum atomic E-state index is -0.800. The zero-order chi connectivity index (χ0) is 11.7. The molecule has 0 aliphatic heterocycles. The summed E-state index contributed by atoms with van der Waals surface area (Å²) in [4.78, 5) is 10.5. The molecule has 1 aromatic carbocycles. The van der Waals surface area contributed by atoms with E-state index in [4.69, 9.17) is 16.7 Å². The van der Waals surface area contributed by atoms with Gasteiger partial charge in [-0.25, -0.2) is 0 Å². The van der Waals surface area contributed by atoms with Crippen LogP contribution in [0.5, 0.6) is 0 Å². The third-order valence-electron chi connectivity index (χ3n) is 2.56. The van der Waals surface area contributed by atoms with Crippen LogP contribution in [0, 0.1) is 6.92 Å². The predicted octanol–water partition coefficient (Wildman–Crippen LogP) is 3.08. The van der Waals surface area contributed by atoms with Gasteiger partial charge in [0.05, 0.1) is 11.4 Å². The fraction of sp³-hybridized carbons (Fsp3) is 0.250. The average molecular weight is 238 g/mol. The number of hydrogen-bond donors (Lipinski definition) is 1. The summed E-state index contributed by atoms with van der Waals surface area (Å²) in [6.45, 7) is 2.45. The van der Waals surface area contributed by atoms with Crippen molar-refractivity contribution in [1.29, 1.82) is 0 Å². The number of benzene rings is 1. The molecule has 0 aliphatic rings. The van der Waals surface area contributed by atoms with Gasteiger partial charge in [-0.05, 0) is 18.6 Å². The van der Waals surface area contributed by atoms with Crippen LogP contribution < -0.4 is 0 Å². The summed E-state index contributed by atoms with van der Waals surface area (Å²) >= 11 is 6.08. The summed E-state index contributed by atoms with van der Waals surface area (Å²) in [5, 5.41) is 10.3. The summed E-state index contributed by atoms with van der Waals surface area (Å²) in [5.74, 6) is -0.800. The molecule has 0 saturated heterocycles. The fourth-order valence-electron chi connectivity index (χ4n) is 1.76. The van der Waals surface area contributed by atoms with E-state index in [9.17, 15) is 4.79 Å². The van der Waals surface area contributed by atoms with Crippen molar-refractivity contribution in [3.05, 3.63) is 35.0 Å². The fourth-order valence-corrected chi connectivity index (χ4v) is 2.04. The maximum Gasteiger partial charge on any atom is 0.305 e. The van der Waals surface area contributed by atoms with Gasteiger partial charge in [-0.3, -0.25) is 4.79 Å². The van der Waals surface area contributed by atoms with Crippen LogP contribution in [0.25, 0.3) is 10.9 Å². The lowest BCUT2D eigenvalue weighted by atomic mass is 10.2. The number of aromatic nitrogens is 1. The first-order chi connectivity index (χ1) is 7.58. The van der Waals surface area contributed by atoms with E-state index in [0.29, 0.717) is 11.6 Å². The number of aliphatic carboxylic acids is 1. The summed E-state index contributed by atoms with van der Waals surface area (Å²) in [7, 11) is 0. The van der Waals surface area contributed by atoms with Gasteiger partial charge in [0.1, 0.15) is 0 Å². The smallest absolute Gasteiger partial charge is 0.305 e. The molecule has 3 nitrogen and oxygen atoms in total. The SMILES string of the molecule is Cc1ccc2c(Cl)cn(CCC(=O)O)c2c1. The van der Waals surface area contributed by atoms with Crippen molar-refractivity contribution in [2.45, 2.75) is 19.9 Å². The van der Waals surface area contributed by atoms with Crippen LogP contribution in [0.4, 0.5) is 0 Å². The molecule has 16 heavy (non-hydrogen) atoms. The van der Waals surface area contributed by atoms with Crippen molar-refractivity contribution in [3.8, 4) is 0 Å². The molecule has 0 aliphatic carbocycles. The lowest BCUT2D eigenvalue weighted by Gasteiger charge is -2.03. The normalized spacial score (nSPS) is 10.9. The second-order valence-corrected chi connectivity index (χ2v) is 4.24. The molecule has 0 spiro atoms. The highest BCUT2D eigenvalue weighted by atomic mass is 35.5. The number of fused-ring (bicyclic) bond motifs is 1. The van der Waals surface area contributed by atoms with Gasteiger partial charge in [0.25, 0.3) is 0 Å². The van der Waals surface area contributed by atoms with Gasteiger partial charge in [0, 0.05) is 23.6 Å². The Morgan fingerprint density at radius 2 is 2.25 bits per heavy atom. The van der Waals surface area contributed by atoms with Gasteiger partial charge in [-0.2, -0.15) is 0 Å². The van der Waals surface area contributed by atoms with E-state index in [-0.39, 0.29) is 6.42 Å². The first-order valence-electron chi connectivity index (χ1n) is 5.05. The lowest BCUT2D eigenvalue weighted by Crippen LogP contribution is -2.03. The van der Waals surface area contributed by atoms with Gasteiger partial charge in [-0.15, -0.1) is 0 Å². The van der Waals surface area contributed by atoms with Crippen molar-refractivity contribution in [2.75, 3.05) is 0 Å². The molecule has 1 heterocycles. The maximum absolute atomic E-state index is 10.5. The summed E-state index contributed by atoms with van der Waals surface area (Å²) in [6, 6.07) is 5.98. The molecule has 1 N–H and O–H groups in total. The van der Waals surface area contributed by atoms with Crippen molar-refractivity contribution in [2.24, 2.45) is 0 Å². The minimum Gasteiger partial charge on any atom is -0.481 e. The summed E-state index contributed by atoms with van der Waals surface area (Å²) in [6.07, 6.45) is 1.89. The van der Waals surface area contributed by atoms with Crippen molar-refractivity contribution >= 4 is 28.5 Å². The highest BCUT2D eigenvalue weighted by Crippen LogP contribution is 2.26. The molecule has 84 valence electrons. The molecule has 0 unspecified atom stereocenters. The Bertz CT molecular complexity index is 545. The molecule has 0 saturated carbocycles. The van der Waals surface area contributed by atoms with Gasteiger partial charge in [-0.1, -0.05) is 23.7 Å². The number of halogens is 1. The molecule has 0 atom stereocenters. The quantitative estimate of drug-likeness (QED) is 0.892. The van der Waals surface area contributed by atoms with E-state index in [1.54, 1.807) is 6.20 Å². The van der Waals surface area contributed by atoms with E-state index in [1.807, 2.05) is 29.7 Å². The number of carboxylic acid groups (broad SMARTS) is 1. The Morgan fingerprint density at radius 1 is 1.50 bits per heavy atom. The summed E-state index contributed by atoms with van der Waals surface area (Å²) in [5.41, 5.74) is 2.13. The second-order valence-electron chi connectivity index (χ2n) is 3.83. The molecule has 0 fully saturated rings. The van der Waals surface area contributed by atoms with E-state index in [1.165, 1.54) is 0 Å². The Morgan fingerprint density at radius 3 is 2.94 bits per heavy atom. The van der Waals surface area contributed by atoms with Crippen LogP contribution in [0.1, 0.15) is 12.0 Å². The van der Waals surface area contributed by atoms with E-state index < -0.39 is 5.97 Å². The molecule has 0 amide bonds. The van der Waals surface area contributed by atoms with Crippen LogP contribution in [0.15, 0.2) is 24.4 Å². The highest BCUT2D eigenvalue weighted by Gasteiger charge is 2.07. The zero-order valence-electron chi connectivity index (χ0n) is 8.90. The maximum atomic E-state index is 10.5. The zero-order valence-corrected chi connectivity index (χ0v) is 9.66. The predicted molar refractivity (Wildman–Crippen MR) is 63.9 cm³/mol. The number of carbonyl (C=O) groups is 1. The number of aryl methyl sites for hydroxylation is 2. The Kier molecular flexibility index (Phi) is 2.88. The number of carboxylic acids is 1. The van der Waals surface area contributed by atoms with Crippen molar-refractivity contribution in [1.82, 2.24) is 4.57 Å². The lowest BCUT2D eigenvalue weighted by molar-refractivity contribution is -0.137. The molecular weight excluding hydrogens is 226 g/mol. The Hall–Kier alpha value is -1.48. The molecule has 2 aromatic rings. The third-order valence-corrected chi connectivity index (χ3v) is 2.86. The number of rotatable bonds is 3. The monoisotopic (exact) mass is 237 g/mol. The van der Waals surface area contributed by atoms with Crippen LogP contribution >= 0.6 is 11.6 Å². The van der Waals surface area contributed by atoms with Crippen LogP contribution in [0.2, 0.25) is 5.02 Å².